The van der Waals surface area contributed by atoms with Gasteiger partial charge in [0.1, 0.15) is 5.82 Å². The molecule has 2 nitrogen and oxygen atoms in total. The van der Waals surface area contributed by atoms with E-state index in [4.69, 9.17) is 4.74 Å². The van der Waals surface area contributed by atoms with Crippen molar-refractivity contribution in [2.24, 2.45) is 0 Å². The first kappa shape index (κ1) is 11.1. The van der Waals surface area contributed by atoms with E-state index in [0.29, 0.717) is 6.61 Å². The lowest BCUT2D eigenvalue weighted by molar-refractivity contribution is 0.110. The number of hydrogen-bond donors (Lipinski definition) is 1. The first-order valence-electron chi connectivity index (χ1n) is 4.71. The summed E-state index contributed by atoms with van der Waals surface area (Å²) in [6.45, 7) is 1.35. The van der Waals surface area contributed by atoms with Crippen LogP contribution in [0.15, 0.2) is 18.2 Å². The van der Waals surface area contributed by atoms with E-state index in [9.17, 15) is 4.39 Å². The molecule has 0 saturated carbocycles. The van der Waals surface area contributed by atoms with Crippen LogP contribution in [0.5, 0.6) is 0 Å². The van der Waals surface area contributed by atoms with Gasteiger partial charge >= 0.3 is 0 Å². The number of rotatable bonds is 0. The number of nitrogens with one attached hydrogen (secondary N) is 1. The molecule has 1 aliphatic rings. The van der Waals surface area contributed by atoms with E-state index < -0.39 is 0 Å². The summed E-state index contributed by atoms with van der Waals surface area (Å²) in [6.07, 6.45) is 0.840. The van der Waals surface area contributed by atoms with Crippen LogP contribution in [0.1, 0.15) is 11.1 Å². The van der Waals surface area contributed by atoms with Crippen LogP contribution in [0, 0.1) is 5.82 Å². The summed E-state index contributed by atoms with van der Waals surface area (Å²) in [7, 11) is 3.75. The quantitative estimate of drug-likeness (QED) is 0.684. The zero-order valence-corrected chi connectivity index (χ0v) is 8.64. The fraction of sp³-hybridized carbons (Fsp3) is 0.455. The van der Waals surface area contributed by atoms with Crippen LogP contribution in [-0.2, 0) is 17.8 Å². The van der Waals surface area contributed by atoms with Crippen molar-refractivity contribution >= 4 is 0 Å². The van der Waals surface area contributed by atoms with Crippen molar-refractivity contribution in [2.75, 3.05) is 20.7 Å². The van der Waals surface area contributed by atoms with E-state index in [1.165, 1.54) is 6.07 Å². The molecule has 1 heterocycles. The summed E-state index contributed by atoms with van der Waals surface area (Å²) in [6, 6.07) is 4.87. The van der Waals surface area contributed by atoms with Gasteiger partial charge in [-0.15, -0.1) is 0 Å². The predicted octanol–water partition coefficient (Wildman–Crippen LogP) is 1.73. The normalized spacial score (nSPS) is 13.9. The van der Waals surface area contributed by atoms with Crippen molar-refractivity contribution in [3.8, 4) is 0 Å². The molecule has 1 aromatic carbocycles. The molecule has 0 fully saturated rings. The summed E-state index contributed by atoms with van der Waals surface area (Å²) in [5.74, 6) is -0.148. The van der Waals surface area contributed by atoms with Crippen molar-refractivity contribution in [1.29, 1.82) is 0 Å². The van der Waals surface area contributed by atoms with Gasteiger partial charge in [0.15, 0.2) is 0 Å². The number of hydrogen-bond acceptors (Lipinski definition) is 2. The molecule has 2 rings (SSSR count). The van der Waals surface area contributed by atoms with Gasteiger partial charge in [-0.1, -0.05) is 6.07 Å². The van der Waals surface area contributed by atoms with Gasteiger partial charge < -0.3 is 10.1 Å². The zero-order valence-electron chi connectivity index (χ0n) is 8.64. The third-order valence-electron chi connectivity index (χ3n) is 1.94. The van der Waals surface area contributed by atoms with E-state index in [-0.39, 0.29) is 5.82 Å². The summed E-state index contributed by atoms with van der Waals surface area (Å²) >= 11 is 0. The van der Waals surface area contributed by atoms with E-state index >= 15 is 0 Å². The van der Waals surface area contributed by atoms with Crippen LogP contribution in [0.3, 0.4) is 0 Å². The molecule has 0 aromatic heterocycles. The monoisotopic (exact) mass is 197 g/mol. The number of benzene rings is 1. The molecule has 0 unspecified atom stereocenters. The van der Waals surface area contributed by atoms with Crippen LogP contribution >= 0.6 is 0 Å². The minimum Gasteiger partial charge on any atom is -0.376 e. The minimum absolute atomic E-state index is 0.148. The second-order valence-electron chi connectivity index (χ2n) is 3.22. The summed E-state index contributed by atoms with van der Waals surface area (Å²) in [4.78, 5) is 0. The Morgan fingerprint density at radius 3 is 2.71 bits per heavy atom. The molecule has 0 radical (unpaired) electrons. The maximum Gasteiger partial charge on any atom is 0.123 e. The van der Waals surface area contributed by atoms with E-state index in [2.05, 4.69) is 5.32 Å². The van der Waals surface area contributed by atoms with Crippen LogP contribution in [0.2, 0.25) is 0 Å². The van der Waals surface area contributed by atoms with Crippen molar-refractivity contribution in [1.82, 2.24) is 5.32 Å². The Bertz CT molecular complexity index is 289. The SMILES string of the molecule is CNC.Fc1ccc2c(c1)CCOC2. The molecule has 0 saturated heterocycles. The average Bonchev–Trinajstić information content (AvgIpc) is 2.19. The Morgan fingerprint density at radius 1 is 1.29 bits per heavy atom. The highest BCUT2D eigenvalue weighted by Gasteiger charge is 2.08. The Morgan fingerprint density at radius 2 is 2.00 bits per heavy atom. The summed E-state index contributed by atoms with van der Waals surface area (Å²) in [5.41, 5.74) is 2.22. The fourth-order valence-electron chi connectivity index (χ4n) is 1.33. The van der Waals surface area contributed by atoms with E-state index in [1.54, 1.807) is 12.1 Å². The van der Waals surface area contributed by atoms with Gasteiger partial charge in [0, 0.05) is 0 Å². The molecule has 1 aliphatic heterocycles. The summed E-state index contributed by atoms with van der Waals surface area (Å²) in [5, 5.41) is 2.75. The molecule has 78 valence electrons. The van der Waals surface area contributed by atoms with Crippen molar-refractivity contribution in [2.45, 2.75) is 13.0 Å². The van der Waals surface area contributed by atoms with Crippen molar-refractivity contribution in [3.63, 3.8) is 0 Å². The molecule has 14 heavy (non-hydrogen) atoms. The van der Waals surface area contributed by atoms with Crippen molar-refractivity contribution < 1.29 is 9.13 Å². The molecule has 1 N–H and O–H groups in total. The van der Waals surface area contributed by atoms with Gasteiger partial charge in [0.25, 0.3) is 0 Å². The molecular weight excluding hydrogens is 181 g/mol. The van der Waals surface area contributed by atoms with Gasteiger partial charge in [0.2, 0.25) is 0 Å². The molecule has 0 aliphatic carbocycles. The van der Waals surface area contributed by atoms with E-state index in [1.807, 2.05) is 14.1 Å². The minimum atomic E-state index is -0.148. The molecule has 0 amide bonds. The second kappa shape index (κ2) is 5.73. The number of halogens is 1. The maximum atomic E-state index is 12.7. The Balaban J connectivity index is 0.000000293. The highest BCUT2D eigenvalue weighted by Crippen LogP contribution is 2.17. The lowest BCUT2D eigenvalue weighted by atomic mass is 10.0. The third-order valence-corrected chi connectivity index (χ3v) is 1.94. The number of ether oxygens (including phenoxy) is 1. The fourth-order valence-corrected chi connectivity index (χ4v) is 1.33. The lowest BCUT2D eigenvalue weighted by Crippen LogP contribution is -2.09. The van der Waals surface area contributed by atoms with Crippen LogP contribution in [0.25, 0.3) is 0 Å². The highest BCUT2D eigenvalue weighted by molar-refractivity contribution is 5.28. The summed E-state index contributed by atoms with van der Waals surface area (Å²) < 4.78 is 17.9. The largest absolute Gasteiger partial charge is 0.376 e. The van der Waals surface area contributed by atoms with Gasteiger partial charge in [-0.05, 0) is 43.8 Å². The average molecular weight is 197 g/mol. The van der Waals surface area contributed by atoms with Gasteiger partial charge in [0.05, 0.1) is 13.2 Å². The molecule has 0 atom stereocenters. The van der Waals surface area contributed by atoms with Gasteiger partial charge in [-0.3, -0.25) is 0 Å². The first-order valence-corrected chi connectivity index (χ1v) is 4.71. The lowest BCUT2D eigenvalue weighted by Gasteiger charge is -2.15. The van der Waals surface area contributed by atoms with Gasteiger partial charge in [-0.25, -0.2) is 4.39 Å². The molecule has 0 bridgehead atoms. The van der Waals surface area contributed by atoms with Gasteiger partial charge in [-0.2, -0.15) is 0 Å². The molecule has 0 spiro atoms. The van der Waals surface area contributed by atoms with Crippen molar-refractivity contribution in [3.05, 3.63) is 35.1 Å². The third kappa shape index (κ3) is 3.09. The smallest absolute Gasteiger partial charge is 0.123 e. The highest BCUT2D eigenvalue weighted by atomic mass is 19.1. The molecular formula is C11H16FNO. The Labute approximate surface area is 84.1 Å². The Kier molecular flexibility index (Phi) is 4.56. The van der Waals surface area contributed by atoms with Crippen LogP contribution in [0.4, 0.5) is 4.39 Å². The second-order valence-corrected chi connectivity index (χ2v) is 3.22. The first-order chi connectivity index (χ1) is 6.77. The number of fused-ring (bicyclic) bond motifs is 1. The predicted molar refractivity (Wildman–Crippen MR) is 54.7 cm³/mol. The van der Waals surface area contributed by atoms with Crippen LogP contribution in [-0.4, -0.2) is 20.7 Å². The van der Waals surface area contributed by atoms with E-state index in [0.717, 1.165) is 24.2 Å². The van der Waals surface area contributed by atoms with Crippen LogP contribution < -0.4 is 5.32 Å². The topological polar surface area (TPSA) is 21.3 Å². The maximum absolute atomic E-state index is 12.7. The zero-order chi connectivity index (χ0) is 10.4. The standard InChI is InChI=1S/C9H9FO.C2H7N/c10-9-2-1-8-6-11-4-3-7(8)5-9;1-3-2/h1-2,5H,3-4,6H2;3H,1-2H3. The Hall–Kier alpha value is -0.930. The molecule has 3 heteroatoms. The molecule has 1 aromatic rings.